The first kappa shape index (κ1) is 13.0. The predicted molar refractivity (Wildman–Crippen MR) is 73.5 cm³/mol. The number of halogens is 2. The molecule has 0 saturated heterocycles. The van der Waals surface area contributed by atoms with Gasteiger partial charge in [-0.3, -0.25) is 0 Å². The van der Waals surface area contributed by atoms with Crippen molar-refractivity contribution in [2.24, 2.45) is 0 Å². The topological polar surface area (TPSA) is 37.8 Å². The third-order valence-corrected chi connectivity index (χ3v) is 2.89. The standard InChI is InChI=1S/C13H13BrFN3/c1-3-12-17-11(14)7-13(18-12)16-9-4-5-10(15)8(2)6-9/h4-7H,3H2,1-2H3,(H,16,17,18). The van der Waals surface area contributed by atoms with E-state index in [9.17, 15) is 4.39 Å². The molecule has 5 heteroatoms. The van der Waals surface area contributed by atoms with Gasteiger partial charge in [0.2, 0.25) is 0 Å². The fourth-order valence-electron chi connectivity index (χ4n) is 1.56. The van der Waals surface area contributed by atoms with Crippen molar-refractivity contribution in [2.75, 3.05) is 5.32 Å². The van der Waals surface area contributed by atoms with E-state index in [0.717, 1.165) is 22.5 Å². The summed E-state index contributed by atoms with van der Waals surface area (Å²) in [6, 6.07) is 6.66. The van der Waals surface area contributed by atoms with E-state index in [2.05, 4.69) is 31.2 Å². The van der Waals surface area contributed by atoms with E-state index in [1.165, 1.54) is 6.07 Å². The summed E-state index contributed by atoms with van der Waals surface area (Å²) in [5.41, 5.74) is 1.41. The number of rotatable bonds is 3. The lowest BCUT2D eigenvalue weighted by Gasteiger charge is -2.08. The Hall–Kier alpha value is -1.49. The van der Waals surface area contributed by atoms with E-state index < -0.39 is 0 Å². The van der Waals surface area contributed by atoms with Crippen LogP contribution in [0.4, 0.5) is 15.9 Å². The van der Waals surface area contributed by atoms with Gasteiger partial charge in [-0.25, -0.2) is 14.4 Å². The number of nitrogens with zero attached hydrogens (tertiary/aromatic N) is 2. The molecule has 1 aromatic heterocycles. The van der Waals surface area contributed by atoms with Crippen LogP contribution in [0.1, 0.15) is 18.3 Å². The molecule has 0 radical (unpaired) electrons. The molecule has 1 aromatic carbocycles. The maximum absolute atomic E-state index is 13.2. The quantitative estimate of drug-likeness (QED) is 0.871. The Kier molecular flexibility index (Phi) is 3.91. The van der Waals surface area contributed by atoms with Crippen LogP contribution in [0, 0.1) is 12.7 Å². The van der Waals surface area contributed by atoms with Gasteiger partial charge in [-0.2, -0.15) is 0 Å². The maximum Gasteiger partial charge on any atom is 0.135 e. The highest BCUT2D eigenvalue weighted by atomic mass is 79.9. The average molecular weight is 310 g/mol. The van der Waals surface area contributed by atoms with Crippen LogP contribution in [0.2, 0.25) is 0 Å². The largest absolute Gasteiger partial charge is 0.340 e. The first-order chi connectivity index (χ1) is 8.58. The molecular weight excluding hydrogens is 297 g/mol. The summed E-state index contributed by atoms with van der Waals surface area (Å²) in [5, 5.41) is 3.14. The Morgan fingerprint density at radius 3 is 2.72 bits per heavy atom. The molecule has 0 aliphatic carbocycles. The Morgan fingerprint density at radius 1 is 1.28 bits per heavy atom. The summed E-state index contributed by atoms with van der Waals surface area (Å²) >= 11 is 3.34. The Bertz CT molecular complexity index is 572. The highest BCUT2D eigenvalue weighted by Gasteiger charge is 2.03. The van der Waals surface area contributed by atoms with Gasteiger partial charge in [0.25, 0.3) is 0 Å². The summed E-state index contributed by atoms with van der Waals surface area (Å²) < 4.78 is 13.9. The second-order valence-corrected chi connectivity index (χ2v) is 4.75. The first-order valence-electron chi connectivity index (χ1n) is 5.65. The van der Waals surface area contributed by atoms with Gasteiger partial charge in [0, 0.05) is 18.2 Å². The molecule has 0 fully saturated rings. The van der Waals surface area contributed by atoms with Crippen molar-refractivity contribution >= 4 is 27.4 Å². The molecular formula is C13H13BrFN3. The first-order valence-corrected chi connectivity index (χ1v) is 6.44. The fraction of sp³-hybridized carbons (Fsp3) is 0.231. The van der Waals surface area contributed by atoms with Crippen molar-refractivity contribution in [2.45, 2.75) is 20.3 Å². The van der Waals surface area contributed by atoms with E-state index in [4.69, 9.17) is 0 Å². The van der Waals surface area contributed by atoms with E-state index in [0.29, 0.717) is 11.4 Å². The molecule has 0 unspecified atom stereocenters. The molecule has 1 N–H and O–H groups in total. The number of benzene rings is 1. The molecule has 0 amide bonds. The Labute approximate surface area is 114 Å². The minimum atomic E-state index is -0.210. The third kappa shape index (κ3) is 3.04. The lowest BCUT2D eigenvalue weighted by atomic mass is 10.2. The highest BCUT2D eigenvalue weighted by Crippen LogP contribution is 2.20. The summed E-state index contributed by atoms with van der Waals surface area (Å²) in [4.78, 5) is 8.58. The Morgan fingerprint density at radius 2 is 2.06 bits per heavy atom. The Balaban J connectivity index is 2.27. The minimum absolute atomic E-state index is 0.210. The summed E-state index contributed by atoms with van der Waals surface area (Å²) in [7, 11) is 0. The van der Waals surface area contributed by atoms with E-state index in [1.54, 1.807) is 25.1 Å². The molecule has 0 atom stereocenters. The van der Waals surface area contributed by atoms with Gasteiger partial charge in [0.1, 0.15) is 22.1 Å². The molecule has 0 saturated carbocycles. The third-order valence-electron chi connectivity index (χ3n) is 2.49. The normalized spacial score (nSPS) is 10.4. The second kappa shape index (κ2) is 5.44. The van der Waals surface area contributed by atoms with Crippen molar-refractivity contribution in [3.63, 3.8) is 0 Å². The molecule has 2 rings (SSSR count). The lowest BCUT2D eigenvalue weighted by molar-refractivity contribution is 0.619. The summed E-state index contributed by atoms with van der Waals surface area (Å²) in [6.07, 6.45) is 0.760. The zero-order chi connectivity index (χ0) is 13.1. The van der Waals surface area contributed by atoms with Crippen LogP contribution in [-0.4, -0.2) is 9.97 Å². The average Bonchev–Trinajstić information content (AvgIpc) is 2.33. The van der Waals surface area contributed by atoms with E-state index in [1.807, 2.05) is 6.92 Å². The van der Waals surface area contributed by atoms with Crippen molar-refractivity contribution in [1.82, 2.24) is 9.97 Å². The minimum Gasteiger partial charge on any atom is -0.340 e. The summed E-state index contributed by atoms with van der Waals surface area (Å²) in [6.45, 7) is 3.72. The van der Waals surface area contributed by atoms with E-state index >= 15 is 0 Å². The molecule has 2 aromatic rings. The zero-order valence-electron chi connectivity index (χ0n) is 10.2. The van der Waals surface area contributed by atoms with Gasteiger partial charge in [-0.05, 0) is 46.6 Å². The smallest absolute Gasteiger partial charge is 0.135 e. The maximum atomic E-state index is 13.2. The van der Waals surface area contributed by atoms with Crippen LogP contribution < -0.4 is 5.32 Å². The van der Waals surface area contributed by atoms with E-state index in [-0.39, 0.29) is 5.82 Å². The second-order valence-electron chi connectivity index (χ2n) is 3.93. The van der Waals surface area contributed by atoms with Crippen molar-refractivity contribution < 1.29 is 4.39 Å². The van der Waals surface area contributed by atoms with Crippen molar-refractivity contribution in [1.29, 1.82) is 0 Å². The number of aryl methyl sites for hydroxylation is 2. The molecule has 94 valence electrons. The van der Waals surface area contributed by atoms with Crippen LogP contribution in [0.15, 0.2) is 28.9 Å². The van der Waals surface area contributed by atoms with Gasteiger partial charge in [-0.1, -0.05) is 6.92 Å². The van der Waals surface area contributed by atoms with Crippen molar-refractivity contribution in [3.8, 4) is 0 Å². The predicted octanol–water partition coefficient (Wildman–Crippen LogP) is 3.99. The number of anilines is 2. The number of nitrogens with one attached hydrogen (secondary N) is 1. The van der Waals surface area contributed by atoms with Gasteiger partial charge >= 0.3 is 0 Å². The number of hydrogen-bond donors (Lipinski definition) is 1. The molecule has 0 spiro atoms. The van der Waals surface area contributed by atoms with Crippen LogP contribution >= 0.6 is 15.9 Å². The van der Waals surface area contributed by atoms with Gasteiger partial charge in [-0.15, -0.1) is 0 Å². The number of aromatic nitrogens is 2. The number of hydrogen-bond acceptors (Lipinski definition) is 3. The summed E-state index contributed by atoms with van der Waals surface area (Å²) in [5.74, 6) is 1.24. The molecule has 1 heterocycles. The van der Waals surface area contributed by atoms with Gasteiger partial charge < -0.3 is 5.32 Å². The molecule has 0 bridgehead atoms. The molecule has 0 aliphatic rings. The van der Waals surface area contributed by atoms with Crippen LogP contribution in [0.5, 0.6) is 0 Å². The van der Waals surface area contributed by atoms with Crippen LogP contribution in [0.3, 0.4) is 0 Å². The van der Waals surface area contributed by atoms with Crippen molar-refractivity contribution in [3.05, 3.63) is 46.1 Å². The van der Waals surface area contributed by atoms with Crippen LogP contribution in [-0.2, 0) is 6.42 Å². The fourth-order valence-corrected chi connectivity index (χ4v) is 1.98. The SMILES string of the molecule is CCc1nc(Br)cc(Nc2ccc(F)c(C)c2)n1. The molecule has 3 nitrogen and oxygen atoms in total. The van der Waals surface area contributed by atoms with Gasteiger partial charge in [0.15, 0.2) is 0 Å². The molecule has 0 aliphatic heterocycles. The highest BCUT2D eigenvalue weighted by molar-refractivity contribution is 9.10. The van der Waals surface area contributed by atoms with Gasteiger partial charge in [0.05, 0.1) is 0 Å². The monoisotopic (exact) mass is 309 g/mol. The zero-order valence-corrected chi connectivity index (χ0v) is 11.8. The van der Waals surface area contributed by atoms with Crippen LogP contribution in [0.25, 0.3) is 0 Å². The molecule has 18 heavy (non-hydrogen) atoms. The lowest BCUT2D eigenvalue weighted by Crippen LogP contribution is -2.00.